The van der Waals surface area contributed by atoms with E-state index in [-0.39, 0.29) is 0 Å². The Balaban J connectivity index is 0.000000791. The van der Waals surface area contributed by atoms with Crippen LogP contribution in [0.4, 0.5) is 5.69 Å². The molecule has 0 saturated carbocycles. The van der Waals surface area contributed by atoms with Gasteiger partial charge in [0.05, 0.1) is 0 Å². The number of hydrogen-bond donors (Lipinski definition) is 1. The third-order valence-electron chi connectivity index (χ3n) is 1.73. The molecule has 0 aliphatic rings. The molecule has 1 aromatic heterocycles. The molecule has 1 rings (SSSR count). The topological polar surface area (TPSA) is 24.9 Å². The molecule has 14 heavy (non-hydrogen) atoms. The lowest BCUT2D eigenvalue weighted by Gasteiger charge is -2.12. The smallest absolute Gasteiger partial charge is 0.0405 e. The highest BCUT2D eigenvalue weighted by Gasteiger charge is 2.00. The SMILES string of the molecule is CC.CCc1cnccc1NC(C)C. The van der Waals surface area contributed by atoms with Crippen LogP contribution in [0.1, 0.15) is 40.2 Å². The molecule has 0 spiro atoms. The van der Waals surface area contributed by atoms with Gasteiger partial charge < -0.3 is 5.32 Å². The van der Waals surface area contributed by atoms with Gasteiger partial charge in [-0.2, -0.15) is 0 Å². The van der Waals surface area contributed by atoms with Gasteiger partial charge in [-0.25, -0.2) is 0 Å². The van der Waals surface area contributed by atoms with Crippen molar-refractivity contribution in [3.63, 3.8) is 0 Å². The van der Waals surface area contributed by atoms with Crippen molar-refractivity contribution in [3.8, 4) is 0 Å². The Bertz CT molecular complexity index is 244. The molecule has 1 aromatic rings. The molecule has 0 saturated heterocycles. The number of hydrogen-bond acceptors (Lipinski definition) is 2. The van der Waals surface area contributed by atoms with Gasteiger partial charge in [-0.15, -0.1) is 0 Å². The van der Waals surface area contributed by atoms with Crippen LogP contribution in [0.25, 0.3) is 0 Å². The van der Waals surface area contributed by atoms with Crippen LogP contribution in [0.3, 0.4) is 0 Å². The van der Waals surface area contributed by atoms with E-state index in [0.29, 0.717) is 6.04 Å². The summed E-state index contributed by atoms with van der Waals surface area (Å²) in [5.74, 6) is 0. The number of nitrogens with one attached hydrogen (secondary N) is 1. The number of aryl methyl sites for hydroxylation is 1. The minimum absolute atomic E-state index is 0.484. The first-order valence-corrected chi connectivity index (χ1v) is 5.43. The molecule has 0 unspecified atom stereocenters. The maximum Gasteiger partial charge on any atom is 0.0405 e. The third kappa shape index (κ3) is 4.26. The van der Waals surface area contributed by atoms with Crippen LogP contribution in [0, 0.1) is 0 Å². The van der Waals surface area contributed by atoms with Gasteiger partial charge in [-0.05, 0) is 31.9 Å². The van der Waals surface area contributed by atoms with Crippen molar-refractivity contribution >= 4 is 5.69 Å². The predicted octanol–water partition coefficient (Wildman–Crippen LogP) is 3.49. The second-order valence-electron chi connectivity index (χ2n) is 3.19. The molecule has 0 aromatic carbocycles. The third-order valence-corrected chi connectivity index (χ3v) is 1.73. The lowest BCUT2D eigenvalue weighted by molar-refractivity contribution is 0.892. The van der Waals surface area contributed by atoms with Crippen LogP contribution in [0.2, 0.25) is 0 Å². The van der Waals surface area contributed by atoms with E-state index in [0.717, 1.165) is 6.42 Å². The molecule has 1 N–H and O–H groups in total. The van der Waals surface area contributed by atoms with Gasteiger partial charge in [0.25, 0.3) is 0 Å². The molecule has 0 bridgehead atoms. The van der Waals surface area contributed by atoms with E-state index in [1.54, 1.807) is 0 Å². The zero-order chi connectivity index (χ0) is 11.0. The average molecular weight is 194 g/mol. The quantitative estimate of drug-likeness (QED) is 0.796. The van der Waals surface area contributed by atoms with Gasteiger partial charge in [0.2, 0.25) is 0 Å². The van der Waals surface area contributed by atoms with E-state index in [4.69, 9.17) is 0 Å². The predicted molar refractivity (Wildman–Crippen MR) is 63.7 cm³/mol. The zero-order valence-corrected chi connectivity index (χ0v) is 9.96. The molecule has 0 aliphatic heterocycles. The number of rotatable bonds is 3. The van der Waals surface area contributed by atoms with E-state index in [1.807, 2.05) is 32.3 Å². The fourth-order valence-electron chi connectivity index (χ4n) is 1.16. The van der Waals surface area contributed by atoms with Crippen molar-refractivity contribution in [3.05, 3.63) is 24.0 Å². The minimum Gasteiger partial charge on any atom is -0.383 e. The molecule has 80 valence electrons. The highest BCUT2D eigenvalue weighted by atomic mass is 14.9. The first-order chi connectivity index (χ1) is 6.74. The summed E-state index contributed by atoms with van der Waals surface area (Å²) in [7, 11) is 0. The molecule has 2 nitrogen and oxygen atoms in total. The van der Waals surface area contributed by atoms with Gasteiger partial charge in [-0.3, -0.25) is 4.98 Å². The Morgan fingerprint density at radius 1 is 1.36 bits per heavy atom. The molecule has 1 heterocycles. The van der Waals surface area contributed by atoms with Crippen LogP contribution in [0.15, 0.2) is 18.5 Å². The summed E-state index contributed by atoms with van der Waals surface area (Å²) in [5, 5.41) is 3.38. The van der Waals surface area contributed by atoms with Crippen molar-refractivity contribution in [1.82, 2.24) is 4.98 Å². The molecule has 0 atom stereocenters. The van der Waals surface area contributed by atoms with Crippen molar-refractivity contribution < 1.29 is 0 Å². The molecule has 0 amide bonds. The van der Waals surface area contributed by atoms with E-state index >= 15 is 0 Å². The molecule has 0 radical (unpaired) electrons. The summed E-state index contributed by atoms with van der Waals surface area (Å²) >= 11 is 0. The van der Waals surface area contributed by atoms with E-state index in [9.17, 15) is 0 Å². The van der Waals surface area contributed by atoms with Crippen LogP contribution in [-0.4, -0.2) is 11.0 Å². The summed E-state index contributed by atoms with van der Waals surface area (Å²) < 4.78 is 0. The Hall–Kier alpha value is -1.05. The highest BCUT2D eigenvalue weighted by Crippen LogP contribution is 2.14. The average Bonchev–Trinajstić information content (AvgIpc) is 2.21. The summed E-state index contributed by atoms with van der Waals surface area (Å²) in [5.41, 5.74) is 2.49. The summed E-state index contributed by atoms with van der Waals surface area (Å²) in [6.07, 6.45) is 4.78. The van der Waals surface area contributed by atoms with Gasteiger partial charge >= 0.3 is 0 Å². The monoisotopic (exact) mass is 194 g/mol. The molecule has 2 heteroatoms. The fourth-order valence-corrected chi connectivity index (χ4v) is 1.16. The highest BCUT2D eigenvalue weighted by molar-refractivity contribution is 5.49. The van der Waals surface area contributed by atoms with Gasteiger partial charge in [0.15, 0.2) is 0 Å². The molecular formula is C12H22N2. The number of nitrogens with zero attached hydrogens (tertiary/aromatic N) is 1. The maximum atomic E-state index is 4.08. The van der Waals surface area contributed by atoms with Crippen LogP contribution in [0.5, 0.6) is 0 Å². The van der Waals surface area contributed by atoms with Gasteiger partial charge in [0.1, 0.15) is 0 Å². The Morgan fingerprint density at radius 2 is 2.00 bits per heavy atom. The van der Waals surface area contributed by atoms with Crippen LogP contribution < -0.4 is 5.32 Å². The van der Waals surface area contributed by atoms with E-state index in [1.165, 1.54) is 11.3 Å². The lowest BCUT2D eigenvalue weighted by atomic mass is 10.2. The largest absolute Gasteiger partial charge is 0.383 e. The Kier molecular flexibility index (Phi) is 6.81. The van der Waals surface area contributed by atoms with Crippen molar-refractivity contribution in [2.24, 2.45) is 0 Å². The van der Waals surface area contributed by atoms with Crippen molar-refractivity contribution in [2.45, 2.75) is 47.1 Å². The molecular weight excluding hydrogens is 172 g/mol. The van der Waals surface area contributed by atoms with Crippen LogP contribution >= 0.6 is 0 Å². The Morgan fingerprint density at radius 3 is 2.50 bits per heavy atom. The second kappa shape index (κ2) is 7.36. The van der Waals surface area contributed by atoms with Gasteiger partial charge in [-0.1, -0.05) is 20.8 Å². The lowest BCUT2D eigenvalue weighted by Crippen LogP contribution is -2.11. The number of anilines is 1. The van der Waals surface area contributed by atoms with Crippen molar-refractivity contribution in [2.75, 3.05) is 5.32 Å². The second-order valence-corrected chi connectivity index (χ2v) is 3.19. The molecule has 0 fully saturated rings. The summed E-state index contributed by atoms with van der Waals surface area (Å²) in [6, 6.07) is 2.51. The zero-order valence-electron chi connectivity index (χ0n) is 9.96. The summed E-state index contributed by atoms with van der Waals surface area (Å²) in [4.78, 5) is 4.08. The number of aromatic nitrogens is 1. The first-order valence-electron chi connectivity index (χ1n) is 5.43. The maximum absolute atomic E-state index is 4.08. The molecule has 0 aliphatic carbocycles. The fraction of sp³-hybridized carbons (Fsp3) is 0.583. The first kappa shape index (κ1) is 12.9. The van der Waals surface area contributed by atoms with E-state index < -0.39 is 0 Å². The minimum atomic E-state index is 0.484. The number of pyridine rings is 1. The van der Waals surface area contributed by atoms with Crippen LogP contribution in [-0.2, 0) is 6.42 Å². The van der Waals surface area contributed by atoms with E-state index in [2.05, 4.69) is 31.1 Å². The normalized spacial score (nSPS) is 9.29. The summed E-state index contributed by atoms with van der Waals surface area (Å²) in [6.45, 7) is 10.4. The Labute approximate surface area is 87.8 Å². The van der Waals surface area contributed by atoms with Crippen molar-refractivity contribution in [1.29, 1.82) is 0 Å². The van der Waals surface area contributed by atoms with Gasteiger partial charge in [0, 0.05) is 24.1 Å². The standard InChI is InChI=1S/C10H16N2.C2H6/c1-4-9-7-11-6-5-10(9)12-8(2)3;1-2/h5-8H,4H2,1-3H3,(H,11,12);1-2H3.